The van der Waals surface area contributed by atoms with E-state index in [1.54, 1.807) is 0 Å². The van der Waals surface area contributed by atoms with Gasteiger partial charge in [-0.1, -0.05) is 31.5 Å². The summed E-state index contributed by atoms with van der Waals surface area (Å²) in [4.78, 5) is 2.48. The van der Waals surface area contributed by atoms with Crippen molar-refractivity contribution < 1.29 is 0 Å². The van der Waals surface area contributed by atoms with Crippen molar-refractivity contribution in [2.45, 2.75) is 53.1 Å². The predicted molar refractivity (Wildman–Crippen MR) is 93.2 cm³/mol. The lowest BCUT2D eigenvalue weighted by atomic mass is 10.1. The van der Waals surface area contributed by atoms with Gasteiger partial charge >= 0.3 is 0 Å². The van der Waals surface area contributed by atoms with Crippen molar-refractivity contribution in [2.75, 3.05) is 18.0 Å². The average Bonchev–Trinajstić information content (AvgIpc) is 3.21. The number of rotatable bonds is 8. The lowest BCUT2D eigenvalue weighted by Crippen LogP contribution is -2.32. The van der Waals surface area contributed by atoms with E-state index in [1.807, 2.05) is 0 Å². The van der Waals surface area contributed by atoms with Crippen molar-refractivity contribution in [3.8, 4) is 0 Å². The van der Waals surface area contributed by atoms with Crippen LogP contribution >= 0.6 is 11.6 Å². The molecule has 1 aromatic rings. The molecule has 1 aliphatic rings. The van der Waals surface area contributed by atoms with Gasteiger partial charge in [0.2, 0.25) is 0 Å². The van der Waals surface area contributed by atoms with Crippen LogP contribution in [0, 0.1) is 11.8 Å². The average molecular weight is 309 g/mol. The quantitative estimate of drug-likeness (QED) is 0.748. The lowest BCUT2D eigenvalue weighted by molar-refractivity contribution is 0.552. The monoisotopic (exact) mass is 308 g/mol. The van der Waals surface area contributed by atoms with Gasteiger partial charge < -0.3 is 10.2 Å². The standard InChI is InChI=1S/C18H29ClN2/c1-13(2)10-20-11-16-7-8-17(9-18(16)19)21(14(3)4)12-15-5-6-15/h7-9,13-15,20H,5-6,10-12H2,1-4H3. The van der Waals surface area contributed by atoms with Crippen LogP contribution in [0.1, 0.15) is 46.1 Å². The summed E-state index contributed by atoms with van der Waals surface area (Å²) >= 11 is 6.48. The van der Waals surface area contributed by atoms with Gasteiger partial charge in [0.05, 0.1) is 0 Å². The molecule has 0 aromatic heterocycles. The summed E-state index contributed by atoms with van der Waals surface area (Å²) < 4.78 is 0. The molecule has 0 heterocycles. The highest BCUT2D eigenvalue weighted by molar-refractivity contribution is 6.31. The van der Waals surface area contributed by atoms with Gasteiger partial charge in [0, 0.05) is 29.8 Å². The van der Waals surface area contributed by atoms with E-state index in [-0.39, 0.29) is 0 Å². The van der Waals surface area contributed by atoms with Crippen LogP contribution in [-0.4, -0.2) is 19.1 Å². The summed E-state index contributed by atoms with van der Waals surface area (Å²) in [5.74, 6) is 1.55. The van der Waals surface area contributed by atoms with Crippen molar-refractivity contribution in [2.24, 2.45) is 11.8 Å². The molecule has 1 N–H and O–H groups in total. The van der Waals surface area contributed by atoms with Crippen LogP contribution in [0.4, 0.5) is 5.69 Å². The van der Waals surface area contributed by atoms with Gasteiger partial charge in [0.1, 0.15) is 0 Å². The van der Waals surface area contributed by atoms with Crippen LogP contribution in [0.3, 0.4) is 0 Å². The molecule has 2 nitrogen and oxygen atoms in total. The molecule has 0 unspecified atom stereocenters. The van der Waals surface area contributed by atoms with Crippen molar-refractivity contribution in [1.82, 2.24) is 5.32 Å². The number of hydrogen-bond donors (Lipinski definition) is 1. The normalized spacial score (nSPS) is 15.0. The van der Waals surface area contributed by atoms with Gasteiger partial charge in [0.15, 0.2) is 0 Å². The summed E-state index contributed by atoms with van der Waals surface area (Å²) in [5, 5.41) is 4.34. The Balaban J connectivity index is 2.02. The first-order valence-corrected chi connectivity index (χ1v) is 8.61. The molecule has 1 saturated carbocycles. The molecule has 118 valence electrons. The summed E-state index contributed by atoms with van der Waals surface area (Å²) in [6, 6.07) is 7.05. The Bertz CT molecular complexity index is 453. The summed E-state index contributed by atoms with van der Waals surface area (Å²) in [7, 11) is 0. The molecule has 1 aliphatic carbocycles. The zero-order valence-corrected chi connectivity index (χ0v) is 14.6. The van der Waals surface area contributed by atoms with Gasteiger partial charge in [-0.15, -0.1) is 0 Å². The molecule has 0 saturated heterocycles. The number of anilines is 1. The van der Waals surface area contributed by atoms with Crippen molar-refractivity contribution in [3.05, 3.63) is 28.8 Å². The van der Waals surface area contributed by atoms with Crippen LogP contribution in [-0.2, 0) is 6.54 Å². The van der Waals surface area contributed by atoms with E-state index in [9.17, 15) is 0 Å². The van der Waals surface area contributed by atoms with E-state index in [2.05, 4.69) is 56.1 Å². The fraction of sp³-hybridized carbons (Fsp3) is 0.667. The van der Waals surface area contributed by atoms with Crippen molar-refractivity contribution in [1.29, 1.82) is 0 Å². The topological polar surface area (TPSA) is 15.3 Å². The molecule has 0 aliphatic heterocycles. The Morgan fingerprint density at radius 2 is 1.95 bits per heavy atom. The van der Waals surface area contributed by atoms with E-state index >= 15 is 0 Å². The third-order valence-electron chi connectivity index (χ3n) is 4.01. The van der Waals surface area contributed by atoms with Crippen LogP contribution < -0.4 is 10.2 Å². The van der Waals surface area contributed by atoms with E-state index in [0.29, 0.717) is 12.0 Å². The molecular weight excluding hydrogens is 280 g/mol. The number of benzene rings is 1. The summed E-state index contributed by atoms with van der Waals surface area (Å²) in [5.41, 5.74) is 2.45. The number of nitrogens with zero attached hydrogens (tertiary/aromatic N) is 1. The van der Waals surface area contributed by atoms with Crippen LogP contribution in [0.25, 0.3) is 0 Å². The highest BCUT2D eigenvalue weighted by atomic mass is 35.5. The Morgan fingerprint density at radius 3 is 2.48 bits per heavy atom. The van der Waals surface area contributed by atoms with Crippen LogP contribution in [0.5, 0.6) is 0 Å². The molecule has 0 amide bonds. The predicted octanol–water partition coefficient (Wildman–Crippen LogP) is 4.71. The van der Waals surface area contributed by atoms with E-state index < -0.39 is 0 Å². The zero-order chi connectivity index (χ0) is 15.4. The fourth-order valence-electron chi connectivity index (χ4n) is 2.55. The van der Waals surface area contributed by atoms with Gasteiger partial charge in [-0.25, -0.2) is 0 Å². The van der Waals surface area contributed by atoms with E-state index in [0.717, 1.165) is 24.0 Å². The van der Waals surface area contributed by atoms with Gasteiger partial charge in [0.25, 0.3) is 0 Å². The van der Waals surface area contributed by atoms with E-state index in [4.69, 9.17) is 11.6 Å². The molecule has 1 aromatic carbocycles. The maximum Gasteiger partial charge on any atom is 0.0471 e. The minimum absolute atomic E-state index is 0.520. The summed E-state index contributed by atoms with van der Waals surface area (Å²) in [6.07, 6.45) is 2.77. The molecule has 21 heavy (non-hydrogen) atoms. The molecule has 0 radical (unpaired) electrons. The third kappa shape index (κ3) is 5.19. The Morgan fingerprint density at radius 1 is 1.24 bits per heavy atom. The first-order chi connectivity index (χ1) is 9.97. The maximum absolute atomic E-state index is 6.48. The van der Waals surface area contributed by atoms with Crippen LogP contribution in [0.2, 0.25) is 5.02 Å². The van der Waals surface area contributed by atoms with Gasteiger partial charge in [-0.2, -0.15) is 0 Å². The SMILES string of the molecule is CC(C)CNCc1ccc(N(CC2CC2)C(C)C)cc1Cl. The fourth-order valence-corrected chi connectivity index (χ4v) is 2.79. The smallest absolute Gasteiger partial charge is 0.0471 e. The Labute approximate surface area is 134 Å². The molecule has 2 rings (SSSR count). The highest BCUT2D eigenvalue weighted by Gasteiger charge is 2.25. The first kappa shape index (κ1) is 16.6. The second-order valence-electron chi connectivity index (χ2n) is 6.99. The maximum atomic E-state index is 6.48. The van der Waals surface area contributed by atoms with Crippen molar-refractivity contribution >= 4 is 17.3 Å². The second kappa shape index (κ2) is 7.51. The molecule has 0 spiro atoms. The molecular formula is C18H29ClN2. The van der Waals surface area contributed by atoms with E-state index in [1.165, 1.54) is 30.6 Å². The number of halogens is 1. The minimum atomic E-state index is 0.520. The molecule has 3 heteroatoms. The largest absolute Gasteiger partial charge is 0.369 e. The number of nitrogens with one attached hydrogen (secondary N) is 1. The first-order valence-electron chi connectivity index (χ1n) is 8.23. The second-order valence-corrected chi connectivity index (χ2v) is 7.40. The zero-order valence-electron chi connectivity index (χ0n) is 13.8. The molecule has 1 fully saturated rings. The van der Waals surface area contributed by atoms with Gasteiger partial charge in [-0.3, -0.25) is 0 Å². The Kier molecular flexibility index (Phi) is 5.95. The third-order valence-corrected chi connectivity index (χ3v) is 4.36. The summed E-state index contributed by atoms with van der Waals surface area (Å²) in [6.45, 7) is 12.0. The Hall–Kier alpha value is -0.730. The number of hydrogen-bond acceptors (Lipinski definition) is 2. The highest BCUT2D eigenvalue weighted by Crippen LogP contribution is 2.33. The lowest BCUT2D eigenvalue weighted by Gasteiger charge is -2.29. The minimum Gasteiger partial charge on any atom is -0.369 e. The van der Waals surface area contributed by atoms with Gasteiger partial charge in [-0.05, 0) is 62.8 Å². The molecule has 0 atom stereocenters. The molecule has 0 bridgehead atoms. The van der Waals surface area contributed by atoms with Crippen LogP contribution in [0.15, 0.2) is 18.2 Å². The van der Waals surface area contributed by atoms with Crippen molar-refractivity contribution in [3.63, 3.8) is 0 Å².